The monoisotopic (exact) mass is 230 g/mol. The highest BCUT2D eigenvalue weighted by atomic mass is 16.7. The number of ether oxygens (including phenoxy) is 2. The minimum atomic E-state index is -0.784. The van der Waals surface area contributed by atoms with Crippen LogP contribution in [0.5, 0.6) is 0 Å². The van der Waals surface area contributed by atoms with Gasteiger partial charge in [-0.2, -0.15) is 0 Å². The van der Waals surface area contributed by atoms with E-state index in [1.54, 1.807) is 0 Å². The molecule has 94 valence electrons. The van der Waals surface area contributed by atoms with Gasteiger partial charge in [-0.05, 0) is 18.8 Å². The lowest BCUT2D eigenvalue weighted by atomic mass is 9.88. The van der Waals surface area contributed by atoms with Gasteiger partial charge < -0.3 is 14.6 Å². The van der Waals surface area contributed by atoms with Crippen LogP contribution in [0, 0.1) is 5.41 Å². The number of hydrogen-bond acceptors (Lipinski definition) is 3. The Morgan fingerprint density at radius 1 is 1.50 bits per heavy atom. The van der Waals surface area contributed by atoms with E-state index in [-0.39, 0.29) is 17.9 Å². The van der Waals surface area contributed by atoms with Crippen molar-refractivity contribution in [3.8, 4) is 0 Å². The molecular formula is C12H22O4. The van der Waals surface area contributed by atoms with Crippen molar-refractivity contribution in [2.24, 2.45) is 5.41 Å². The Kier molecular flexibility index (Phi) is 3.97. The van der Waals surface area contributed by atoms with Gasteiger partial charge in [0.1, 0.15) is 0 Å². The first kappa shape index (κ1) is 13.5. The topological polar surface area (TPSA) is 55.8 Å². The van der Waals surface area contributed by atoms with Gasteiger partial charge in [-0.15, -0.1) is 0 Å². The summed E-state index contributed by atoms with van der Waals surface area (Å²) in [6.45, 7) is 8.83. The van der Waals surface area contributed by atoms with Gasteiger partial charge in [0.25, 0.3) is 0 Å². The minimum absolute atomic E-state index is 0.0801. The number of aliphatic carboxylic acids is 1. The molecule has 1 heterocycles. The van der Waals surface area contributed by atoms with Crippen LogP contribution in [0.3, 0.4) is 0 Å². The van der Waals surface area contributed by atoms with Crippen LogP contribution in [-0.4, -0.2) is 29.6 Å². The molecular weight excluding hydrogens is 208 g/mol. The van der Waals surface area contributed by atoms with Gasteiger partial charge in [0.15, 0.2) is 5.79 Å². The lowest BCUT2D eigenvalue weighted by Gasteiger charge is -2.30. The maximum Gasteiger partial charge on any atom is 0.303 e. The van der Waals surface area contributed by atoms with Crippen molar-refractivity contribution in [1.82, 2.24) is 0 Å². The second-order valence-corrected chi connectivity index (χ2v) is 5.85. The average Bonchev–Trinajstić information content (AvgIpc) is 2.40. The molecule has 0 aromatic heterocycles. The molecule has 2 atom stereocenters. The van der Waals surface area contributed by atoms with E-state index < -0.39 is 11.8 Å². The molecule has 2 unspecified atom stereocenters. The smallest absolute Gasteiger partial charge is 0.303 e. The van der Waals surface area contributed by atoms with Crippen molar-refractivity contribution < 1.29 is 19.4 Å². The molecule has 0 radical (unpaired) electrons. The summed E-state index contributed by atoms with van der Waals surface area (Å²) in [5.74, 6) is -1.34. The average molecular weight is 230 g/mol. The van der Waals surface area contributed by atoms with Gasteiger partial charge in [-0.25, -0.2) is 0 Å². The van der Waals surface area contributed by atoms with Crippen LogP contribution in [0.15, 0.2) is 0 Å². The standard InChI is InChI=1S/C12H22O4/c1-11(2,3)8-12(4)15-7-9(16-12)5-6-10(13)14/h9H,5-8H2,1-4H3,(H,13,14). The van der Waals surface area contributed by atoms with Crippen LogP contribution >= 0.6 is 0 Å². The molecule has 0 aliphatic carbocycles. The molecule has 0 bridgehead atoms. The summed E-state index contributed by atoms with van der Waals surface area (Å²) in [7, 11) is 0. The predicted molar refractivity (Wildman–Crippen MR) is 60.2 cm³/mol. The second kappa shape index (κ2) is 4.72. The Hall–Kier alpha value is -0.610. The lowest BCUT2D eigenvalue weighted by molar-refractivity contribution is -0.173. The minimum Gasteiger partial charge on any atom is -0.481 e. The number of hydrogen-bond donors (Lipinski definition) is 1. The Morgan fingerprint density at radius 2 is 2.12 bits per heavy atom. The van der Waals surface area contributed by atoms with Gasteiger partial charge in [-0.3, -0.25) is 4.79 Å². The van der Waals surface area contributed by atoms with Crippen LogP contribution in [0.2, 0.25) is 0 Å². The molecule has 0 spiro atoms. The third-order valence-corrected chi connectivity index (χ3v) is 2.52. The van der Waals surface area contributed by atoms with E-state index in [0.717, 1.165) is 6.42 Å². The van der Waals surface area contributed by atoms with Gasteiger partial charge >= 0.3 is 5.97 Å². The number of carboxylic acid groups (broad SMARTS) is 1. The molecule has 4 nitrogen and oxygen atoms in total. The summed E-state index contributed by atoms with van der Waals surface area (Å²) >= 11 is 0. The molecule has 1 N–H and O–H groups in total. The molecule has 1 aliphatic heterocycles. The maximum atomic E-state index is 10.4. The fourth-order valence-electron chi connectivity index (χ4n) is 2.17. The fourth-order valence-corrected chi connectivity index (χ4v) is 2.17. The van der Waals surface area contributed by atoms with Gasteiger partial charge in [0, 0.05) is 12.8 Å². The molecule has 4 heteroatoms. The van der Waals surface area contributed by atoms with E-state index in [2.05, 4.69) is 20.8 Å². The van der Waals surface area contributed by atoms with Crippen molar-refractivity contribution in [2.45, 2.75) is 58.8 Å². The van der Waals surface area contributed by atoms with E-state index in [0.29, 0.717) is 13.0 Å². The molecule has 0 amide bonds. The highest BCUT2D eigenvalue weighted by Crippen LogP contribution is 2.36. The normalized spacial score (nSPS) is 30.6. The van der Waals surface area contributed by atoms with Crippen LogP contribution in [0.1, 0.15) is 47.0 Å². The van der Waals surface area contributed by atoms with E-state index >= 15 is 0 Å². The van der Waals surface area contributed by atoms with E-state index in [1.807, 2.05) is 6.92 Å². The molecule has 1 rings (SSSR count). The molecule has 0 aromatic rings. The van der Waals surface area contributed by atoms with E-state index in [9.17, 15) is 4.79 Å². The third-order valence-electron chi connectivity index (χ3n) is 2.52. The zero-order valence-electron chi connectivity index (χ0n) is 10.6. The molecule has 0 saturated carbocycles. The van der Waals surface area contributed by atoms with Gasteiger partial charge in [0.05, 0.1) is 12.7 Å². The van der Waals surface area contributed by atoms with E-state index in [1.165, 1.54) is 0 Å². The lowest BCUT2D eigenvalue weighted by Crippen LogP contribution is -2.32. The number of carboxylic acids is 1. The van der Waals surface area contributed by atoms with Crippen LogP contribution in [-0.2, 0) is 14.3 Å². The van der Waals surface area contributed by atoms with Crippen molar-refractivity contribution >= 4 is 5.97 Å². The second-order valence-electron chi connectivity index (χ2n) is 5.85. The highest BCUT2D eigenvalue weighted by molar-refractivity contribution is 5.66. The first-order chi connectivity index (χ1) is 7.20. The predicted octanol–water partition coefficient (Wildman–Crippen LogP) is 2.42. The first-order valence-corrected chi connectivity index (χ1v) is 5.74. The number of carbonyl (C=O) groups is 1. The Bertz CT molecular complexity index is 256. The summed E-state index contributed by atoms with van der Waals surface area (Å²) in [5.41, 5.74) is 0.135. The molecule has 0 aromatic carbocycles. The van der Waals surface area contributed by atoms with Crippen molar-refractivity contribution in [3.05, 3.63) is 0 Å². The van der Waals surface area contributed by atoms with Crippen molar-refractivity contribution in [1.29, 1.82) is 0 Å². The summed E-state index contributed by atoms with van der Waals surface area (Å²) in [6, 6.07) is 0. The fraction of sp³-hybridized carbons (Fsp3) is 0.917. The SMILES string of the molecule is CC(C)(C)CC1(C)OCC(CCC(=O)O)O1. The molecule has 1 fully saturated rings. The maximum absolute atomic E-state index is 10.4. The summed E-state index contributed by atoms with van der Waals surface area (Å²) in [4.78, 5) is 10.4. The van der Waals surface area contributed by atoms with Crippen molar-refractivity contribution in [3.63, 3.8) is 0 Å². The van der Waals surface area contributed by atoms with E-state index in [4.69, 9.17) is 14.6 Å². The highest BCUT2D eigenvalue weighted by Gasteiger charge is 2.39. The van der Waals surface area contributed by atoms with Crippen LogP contribution in [0.25, 0.3) is 0 Å². The van der Waals surface area contributed by atoms with Gasteiger partial charge in [0.2, 0.25) is 0 Å². The Balaban J connectivity index is 2.41. The zero-order valence-corrected chi connectivity index (χ0v) is 10.6. The third kappa shape index (κ3) is 4.49. The largest absolute Gasteiger partial charge is 0.481 e. The Morgan fingerprint density at radius 3 is 2.62 bits per heavy atom. The summed E-state index contributed by atoms with van der Waals surface area (Å²) in [6.07, 6.45) is 1.39. The van der Waals surface area contributed by atoms with Gasteiger partial charge in [-0.1, -0.05) is 20.8 Å². The summed E-state index contributed by atoms with van der Waals surface area (Å²) in [5, 5.41) is 8.59. The number of rotatable bonds is 4. The molecule has 16 heavy (non-hydrogen) atoms. The summed E-state index contributed by atoms with van der Waals surface area (Å²) < 4.78 is 11.4. The quantitative estimate of drug-likeness (QED) is 0.805. The molecule has 1 aliphatic rings. The van der Waals surface area contributed by atoms with Crippen LogP contribution in [0.4, 0.5) is 0 Å². The molecule has 1 saturated heterocycles. The zero-order chi connectivity index (χ0) is 12.4. The van der Waals surface area contributed by atoms with Crippen molar-refractivity contribution in [2.75, 3.05) is 6.61 Å². The van der Waals surface area contributed by atoms with Crippen LogP contribution < -0.4 is 0 Å². The first-order valence-electron chi connectivity index (χ1n) is 5.74. The Labute approximate surface area is 96.9 Å².